The molecule has 0 aliphatic heterocycles. The fraction of sp³-hybridized carbons (Fsp3) is 0.500. The molecule has 0 aliphatic carbocycles. The number of rotatable bonds is 2. The molecule has 0 saturated carbocycles. The maximum absolute atomic E-state index is 9.82. The Kier molecular flexibility index (Phi) is 2.66. The van der Waals surface area contributed by atoms with Gasteiger partial charge in [0.15, 0.2) is 0 Å². The largest absolute Gasteiger partial charge is 0.445 e. The molecular weight excluding hydrogens is 144 g/mol. The Hall–Kier alpha value is -0.550. The summed E-state index contributed by atoms with van der Waals surface area (Å²) in [4.78, 5) is 0. The van der Waals surface area contributed by atoms with Crippen molar-refractivity contribution in [1.82, 2.24) is 0 Å². The van der Waals surface area contributed by atoms with Crippen LogP contribution in [0.3, 0.4) is 0 Å². The molecule has 0 bridgehead atoms. The fourth-order valence-corrected chi connectivity index (χ4v) is 0.471. The highest BCUT2D eigenvalue weighted by Crippen LogP contribution is 1.93. The molecule has 0 aromatic rings. The first-order valence-corrected chi connectivity index (χ1v) is 3.57. The van der Waals surface area contributed by atoms with Crippen molar-refractivity contribution in [3.63, 3.8) is 0 Å². The summed E-state index contributed by atoms with van der Waals surface area (Å²) in [6.45, 7) is 3.29. The van der Waals surface area contributed by atoms with Gasteiger partial charge in [0.05, 0.1) is 0 Å². The van der Waals surface area contributed by atoms with Gasteiger partial charge in [0, 0.05) is 0 Å². The second kappa shape index (κ2) is 2.84. The molecule has 54 valence electrons. The molecule has 0 fully saturated rings. The van der Waals surface area contributed by atoms with Crippen LogP contribution in [-0.2, 0) is 14.6 Å². The topological polar surface area (TPSA) is 63.6 Å². The van der Waals surface area contributed by atoms with Crippen LogP contribution in [0.25, 0.3) is 0 Å². The first kappa shape index (κ1) is 8.45. The average Bonchev–Trinajstić information content (AvgIpc) is 1.59. The van der Waals surface area contributed by atoms with Crippen LogP contribution in [-0.4, -0.2) is 13.0 Å². The lowest BCUT2D eigenvalue weighted by Gasteiger charge is -1.92. The highest BCUT2D eigenvalue weighted by Gasteiger charge is 1.98. The van der Waals surface area contributed by atoms with E-state index >= 15 is 0 Å². The Morgan fingerprint density at radius 3 is 2.11 bits per heavy atom. The molecule has 0 amide bonds. The third kappa shape index (κ3) is 7.45. The maximum atomic E-state index is 9.82. The van der Waals surface area contributed by atoms with Gasteiger partial charge in [-0.3, -0.25) is 4.55 Å². The predicted molar refractivity (Wildman–Crippen MR) is 32.1 cm³/mol. The predicted octanol–water partition coefficient (Wildman–Crippen LogP) is 0.730. The van der Waals surface area contributed by atoms with Gasteiger partial charge in [0.2, 0.25) is 0 Å². The van der Waals surface area contributed by atoms with E-state index in [0.29, 0.717) is 5.57 Å². The van der Waals surface area contributed by atoms with E-state index in [0.717, 1.165) is 6.26 Å². The molecule has 5 heteroatoms. The zero-order chi connectivity index (χ0) is 7.49. The quantitative estimate of drug-likeness (QED) is 0.468. The average molecular weight is 152 g/mol. The van der Waals surface area contributed by atoms with Gasteiger partial charge in [-0.25, -0.2) is 0 Å². The minimum Gasteiger partial charge on any atom is -0.370 e. The van der Waals surface area contributed by atoms with Gasteiger partial charge in [-0.1, -0.05) is 0 Å². The molecule has 0 atom stereocenters. The minimum atomic E-state index is -4.30. The Balaban J connectivity index is 3.95. The van der Waals surface area contributed by atoms with E-state index in [1.54, 1.807) is 13.8 Å². The van der Waals surface area contributed by atoms with E-state index in [1.165, 1.54) is 0 Å². The summed E-state index contributed by atoms with van der Waals surface area (Å²) in [5.41, 5.74) is 0.660. The summed E-state index contributed by atoms with van der Waals surface area (Å²) in [6.07, 6.45) is 0.954. The standard InChI is InChI=1S/C4H8O4S/c1-4(2)3-8-9(5,6)7/h3H,1-2H3,(H,5,6,7). The Labute approximate surface area is 54.1 Å². The van der Waals surface area contributed by atoms with E-state index in [2.05, 4.69) is 4.18 Å². The van der Waals surface area contributed by atoms with Gasteiger partial charge >= 0.3 is 10.4 Å². The van der Waals surface area contributed by atoms with Crippen molar-refractivity contribution in [1.29, 1.82) is 0 Å². The molecule has 0 unspecified atom stereocenters. The van der Waals surface area contributed by atoms with Crippen molar-refractivity contribution in [2.75, 3.05) is 0 Å². The monoisotopic (exact) mass is 152 g/mol. The van der Waals surface area contributed by atoms with Gasteiger partial charge in [-0.2, -0.15) is 8.42 Å². The van der Waals surface area contributed by atoms with E-state index < -0.39 is 10.4 Å². The van der Waals surface area contributed by atoms with Crippen LogP contribution in [0.5, 0.6) is 0 Å². The summed E-state index contributed by atoms with van der Waals surface area (Å²) in [5.74, 6) is 0. The zero-order valence-corrected chi connectivity index (χ0v) is 5.97. The smallest absolute Gasteiger partial charge is 0.370 e. The van der Waals surface area contributed by atoms with E-state index in [-0.39, 0.29) is 0 Å². The second-order valence-corrected chi connectivity index (χ2v) is 2.77. The summed E-state index contributed by atoms with van der Waals surface area (Å²) in [5, 5.41) is 0. The SMILES string of the molecule is CC(C)=COS(=O)(=O)O. The van der Waals surface area contributed by atoms with Crippen LogP contribution in [0.4, 0.5) is 0 Å². The molecular formula is C4H8O4S. The summed E-state index contributed by atoms with van der Waals surface area (Å²) < 4.78 is 31.5. The van der Waals surface area contributed by atoms with Crippen molar-refractivity contribution < 1.29 is 17.2 Å². The van der Waals surface area contributed by atoms with E-state index in [9.17, 15) is 8.42 Å². The Bertz CT molecular complexity index is 197. The molecule has 4 nitrogen and oxygen atoms in total. The second-order valence-electron chi connectivity index (χ2n) is 1.72. The molecule has 1 N–H and O–H groups in total. The third-order valence-electron chi connectivity index (χ3n) is 0.405. The summed E-state index contributed by atoms with van der Waals surface area (Å²) in [7, 11) is -4.30. The van der Waals surface area contributed by atoms with Crippen LogP contribution >= 0.6 is 0 Å². The highest BCUT2D eigenvalue weighted by molar-refractivity contribution is 7.81. The molecule has 0 radical (unpaired) electrons. The maximum Gasteiger partial charge on any atom is 0.445 e. The number of hydrogen-bond acceptors (Lipinski definition) is 3. The molecule has 0 aliphatic rings. The van der Waals surface area contributed by atoms with Gasteiger partial charge in [-0.15, -0.1) is 0 Å². The summed E-state index contributed by atoms with van der Waals surface area (Å²) in [6, 6.07) is 0. The lowest BCUT2D eigenvalue weighted by molar-refractivity contribution is 0.354. The van der Waals surface area contributed by atoms with Gasteiger partial charge < -0.3 is 4.18 Å². The van der Waals surface area contributed by atoms with Gasteiger partial charge in [0.1, 0.15) is 6.26 Å². The molecule has 0 aromatic carbocycles. The Morgan fingerprint density at radius 2 is 2.00 bits per heavy atom. The lowest BCUT2D eigenvalue weighted by Crippen LogP contribution is -1.97. The van der Waals surface area contributed by atoms with Crippen LogP contribution in [0.1, 0.15) is 13.8 Å². The van der Waals surface area contributed by atoms with Crippen molar-refractivity contribution in [2.45, 2.75) is 13.8 Å². The molecule has 0 heterocycles. The molecule has 9 heavy (non-hydrogen) atoms. The number of hydrogen-bond donors (Lipinski definition) is 1. The number of allylic oxidation sites excluding steroid dienone is 1. The normalized spacial score (nSPS) is 10.6. The van der Waals surface area contributed by atoms with Crippen molar-refractivity contribution in [3.05, 3.63) is 11.8 Å². The van der Waals surface area contributed by atoms with Gasteiger partial charge in [0.25, 0.3) is 0 Å². The highest BCUT2D eigenvalue weighted by atomic mass is 32.3. The van der Waals surface area contributed by atoms with Gasteiger partial charge in [-0.05, 0) is 19.4 Å². The molecule has 0 aromatic heterocycles. The zero-order valence-electron chi connectivity index (χ0n) is 5.16. The minimum absolute atomic E-state index is 0.660. The third-order valence-corrected chi connectivity index (χ3v) is 0.745. The van der Waals surface area contributed by atoms with Crippen LogP contribution in [0.2, 0.25) is 0 Å². The van der Waals surface area contributed by atoms with E-state index in [1.807, 2.05) is 0 Å². The fourth-order valence-electron chi connectivity index (χ4n) is 0.157. The molecule has 0 spiro atoms. The molecule has 0 rings (SSSR count). The first-order valence-electron chi connectivity index (χ1n) is 2.21. The van der Waals surface area contributed by atoms with Crippen LogP contribution in [0.15, 0.2) is 11.8 Å². The van der Waals surface area contributed by atoms with E-state index in [4.69, 9.17) is 4.55 Å². The first-order chi connectivity index (χ1) is 3.92. The van der Waals surface area contributed by atoms with Crippen molar-refractivity contribution >= 4 is 10.4 Å². The van der Waals surface area contributed by atoms with Crippen LogP contribution in [0, 0.1) is 0 Å². The van der Waals surface area contributed by atoms with Crippen molar-refractivity contribution in [3.8, 4) is 0 Å². The van der Waals surface area contributed by atoms with Crippen molar-refractivity contribution in [2.24, 2.45) is 0 Å². The molecule has 0 saturated heterocycles. The lowest BCUT2D eigenvalue weighted by atomic mass is 10.4. The Morgan fingerprint density at radius 1 is 1.56 bits per heavy atom. The van der Waals surface area contributed by atoms with Crippen LogP contribution < -0.4 is 0 Å². The summed E-state index contributed by atoms with van der Waals surface area (Å²) >= 11 is 0.